The number of amides is 3. The van der Waals surface area contributed by atoms with Gasteiger partial charge in [-0.2, -0.15) is 0 Å². The average molecular weight is 301 g/mol. The number of carbonyl (C=O) groups excluding carboxylic acids is 2. The molecular formula is C17H23N3O2. The first-order chi connectivity index (χ1) is 10.7. The van der Waals surface area contributed by atoms with E-state index in [0.717, 1.165) is 6.42 Å². The predicted octanol–water partition coefficient (Wildman–Crippen LogP) is 1.54. The largest absolute Gasteiger partial charge is 0.329 e. The summed E-state index contributed by atoms with van der Waals surface area (Å²) in [5.41, 5.74) is 1.38. The van der Waals surface area contributed by atoms with E-state index in [-0.39, 0.29) is 18.5 Å². The summed E-state index contributed by atoms with van der Waals surface area (Å²) in [6.45, 7) is 1.27. The molecule has 22 heavy (non-hydrogen) atoms. The molecule has 5 heteroatoms. The van der Waals surface area contributed by atoms with Gasteiger partial charge in [0.15, 0.2) is 0 Å². The number of imide groups is 1. The number of hydrogen-bond donors (Lipinski definition) is 2. The van der Waals surface area contributed by atoms with Gasteiger partial charge in [-0.1, -0.05) is 36.8 Å². The van der Waals surface area contributed by atoms with E-state index in [9.17, 15) is 9.59 Å². The second-order valence-corrected chi connectivity index (χ2v) is 6.15. The summed E-state index contributed by atoms with van der Waals surface area (Å²) in [4.78, 5) is 24.3. The molecular weight excluding hydrogens is 278 g/mol. The van der Waals surface area contributed by atoms with E-state index in [1.54, 1.807) is 0 Å². The predicted molar refractivity (Wildman–Crippen MR) is 84.4 cm³/mol. The first-order valence-electron chi connectivity index (χ1n) is 8.09. The van der Waals surface area contributed by atoms with Crippen molar-refractivity contribution in [3.8, 4) is 0 Å². The summed E-state index contributed by atoms with van der Waals surface area (Å²) in [7, 11) is 0. The van der Waals surface area contributed by atoms with Gasteiger partial charge >= 0.3 is 6.03 Å². The monoisotopic (exact) mass is 301 g/mol. The molecule has 1 aromatic carbocycles. The molecule has 2 fully saturated rings. The lowest BCUT2D eigenvalue weighted by Gasteiger charge is -2.22. The summed E-state index contributed by atoms with van der Waals surface area (Å²) < 4.78 is 0. The highest BCUT2D eigenvalue weighted by Gasteiger charge is 2.30. The lowest BCUT2D eigenvalue weighted by molar-refractivity contribution is -0.124. The molecule has 0 bridgehead atoms. The Morgan fingerprint density at radius 1 is 1.18 bits per heavy atom. The van der Waals surface area contributed by atoms with Crippen LogP contribution in [0.5, 0.6) is 0 Å². The molecule has 2 aliphatic rings. The summed E-state index contributed by atoms with van der Waals surface area (Å²) >= 11 is 0. The van der Waals surface area contributed by atoms with Crippen molar-refractivity contribution in [1.29, 1.82) is 0 Å². The van der Waals surface area contributed by atoms with Crippen LogP contribution >= 0.6 is 0 Å². The Hall–Kier alpha value is -1.88. The molecule has 1 saturated carbocycles. The van der Waals surface area contributed by atoms with Crippen molar-refractivity contribution in [1.82, 2.24) is 15.5 Å². The van der Waals surface area contributed by atoms with E-state index >= 15 is 0 Å². The third-order valence-electron chi connectivity index (χ3n) is 4.68. The Kier molecular flexibility index (Phi) is 4.73. The van der Waals surface area contributed by atoms with Gasteiger partial charge in [-0.25, -0.2) is 4.79 Å². The van der Waals surface area contributed by atoms with E-state index in [0.29, 0.717) is 25.0 Å². The maximum Gasteiger partial charge on any atom is 0.324 e. The standard InChI is InChI=1S/C17H23N3O2/c21-16-12-19-17(22)20(16)10-9-18-15-8-4-7-14(15)11-13-5-2-1-3-6-13/h1-3,5-6,14-15,18H,4,7-12H2,(H,19,22)/t14-,15+/m1/s1. The van der Waals surface area contributed by atoms with E-state index < -0.39 is 0 Å². The number of benzene rings is 1. The van der Waals surface area contributed by atoms with Gasteiger partial charge in [0.05, 0.1) is 6.54 Å². The Labute approximate surface area is 131 Å². The Bertz CT molecular complexity index is 516. The fourth-order valence-electron chi connectivity index (χ4n) is 3.51. The van der Waals surface area contributed by atoms with Crippen LogP contribution in [0.3, 0.4) is 0 Å². The van der Waals surface area contributed by atoms with Crippen molar-refractivity contribution in [2.24, 2.45) is 5.92 Å². The fraction of sp³-hybridized carbons (Fsp3) is 0.529. The summed E-state index contributed by atoms with van der Waals surface area (Å²) in [6, 6.07) is 10.8. The first-order valence-corrected chi connectivity index (χ1v) is 8.09. The maximum atomic E-state index is 11.5. The third kappa shape index (κ3) is 3.47. The van der Waals surface area contributed by atoms with Gasteiger partial charge in [0.2, 0.25) is 5.91 Å². The number of nitrogens with zero attached hydrogens (tertiary/aromatic N) is 1. The van der Waals surface area contributed by atoms with Crippen molar-refractivity contribution in [2.45, 2.75) is 31.7 Å². The second-order valence-electron chi connectivity index (χ2n) is 6.15. The van der Waals surface area contributed by atoms with Crippen molar-refractivity contribution >= 4 is 11.9 Å². The van der Waals surface area contributed by atoms with Crippen LogP contribution in [0.2, 0.25) is 0 Å². The molecule has 1 aliphatic heterocycles. The Balaban J connectivity index is 1.47. The minimum atomic E-state index is -0.265. The van der Waals surface area contributed by atoms with Crippen LogP contribution in [0.15, 0.2) is 30.3 Å². The van der Waals surface area contributed by atoms with Gasteiger partial charge in [-0.3, -0.25) is 9.69 Å². The van der Waals surface area contributed by atoms with Gasteiger partial charge in [0.25, 0.3) is 0 Å². The van der Waals surface area contributed by atoms with Crippen LogP contribution in [0.4, 0.5) is 4.79 Å². The van der Waals surface area contributed by atoms with Crippen LogP contribution in [0.1, 0.15) is 24.8 Å². The number of urea groups is 1. The fourth-order valence-corrected chi connectivity index (χ4v) is 3.51. The van der Waals surface area contributed by atoms with Crippen LogP contribution in [-0.2, 0) is 11.2 Å². The second kappa shape index (κ2) is 6.92. The van der Waals surface area contributed by atoms with Crippen LogP contribution in [0, 0.1) is 5.92 Å². The summed E-state index contributed by atoms with van der Waals surface area (Å²) in [5, 5.41) is 6.09. The molecule has 5 nitrogen and oxygen atoms in total. The van der Waals surface area contributed by atoms with Crippen LogP contribution in [-0.4, -0.2) is 42.5 Å². The van der Waals surface area contributed by atoms with Crippen LogP contribution < -0.4 is 10.6 Å². The molecule has 1 aromatic rings. The molecule has 0 spiro atoms. The number of rotatable bonds is 6. The molecule has 2 atom stereocenters. The van der Waals surface area contributed by atoms with Gasteiger partial charge in [0.1, 0.15) is 0 Å². The number of hydrogen-bond acceptors (Lipinski definition) is 3. The smallest absolute Gasteiger partial charge is 0.324 e. The number of carbonyl (C=O) groups is 2. The topological polar surface area (TPSA) is 61.4 Å². The highest BCUT2D eigenvalue weighted by molar-refractivity contribution is 6.01. The van der Waals surface area contributed by atoms with Crippen LogP contribution in [0.25, 0.3) is 0 Å². The molecule has 1 heterocycles. The molecule has 0 aromatic heterocycles. The minimum Gasteiger partial charge on any atom is -0.329 e. The van der Waals surface area contributed by atoms with E-state index in [2.05, 4.69) is 34.9 Å². The van der Waals surface area contributed by atoms with Gasteiger partial charge in [-0.05, 0) is 30.7 Å². The first kappa shape index (κ1) is 15.0. The molecule has 0 radical (unpaired) electrons. The lowest BCUT2D eigenvalue weighted by Crippen LogP contribution is -2.41. The van der Waals surface area contributed by atoms with Gasteiger partial charge < -0.3 is 10.6 Å². The normalized spacial score (nSPS) is 24.8. The minimum absolute atomic E-state index is 0.126. The lowest BCUT2D eigenvalue weighted by atomic mass is 9.94. The van der Waals surface area contributed by atoms with E-state index in [1.165, 1.54) is 29.7 Å². The Morgan fingerprint density at radius 2 is 2.00 bits per heavy atom. The highest BCUT2D eigenvalue weighted by atomic mass is 16.2. The zero-order valence-corrected chi connectivity index (χ0v) is 12.8. The van der Waals surface area contributed by atoms with E-state index in [1.807, 2.05) is 6.07 Å². The molecule has 1 aliphatic carbocycles. The van der Waals surface area contributed by atoms with Crippen molar-refractivity contribution in [2.75, 3.05) is 19.6 Å². The highest BCUT2D eigenvalue weighted by Crippen LogP contribution is 2.28. The van der Waals surface area contributed by atoms with Crippen molar-refractivity contribution < 1.29 is 9.59 Å². The zero-order valence-electron chi connectivity index (χ0n) is 12.8. The molecule has 3 rings (SSSR count). The maximum absolute atomic E-state index is 11.5. The summed E-state index contributed by atoms with van der Waals surface area (Å²) in [5.74, 6) is 0.518. The summed E-state index contributed by atoms with van der Waals surface area (Å²) in [6.07, 6.45) is 4.77. The SMILES string of the molecule is O=C1CNC(=O)N1CCN[C@H]1CCC[C@@H]1Cc1ccccc1. The number of nitrogens with one attached hydrogen (secondary N) is 2. The van der Waals surface area contributed by atoms with E-state index in [4.69, 9.17) is 0 Å². The third-order valence-corrected chi connectivity index (χ3v) is 4.68. The van der Waals surface area contributed by atoms with Crippen molar-refractivity contribution in [3.63, 3.8) is 0 Å². The Morgan fingerprint density at radius 3 is 2.73 bits per heavy atom. The quantitative estimate of drug-likeness (QED) is 0.784. The molecule has 1 saturated heterocycles. The van der Waals surface area contributed by atoms with Gasteiger partial charge in [-0.15, -0.1) is 0 Å². The van der Waals surface area contributed by atoms with Crippen molar-refractivity contribution in [3.05, 3.63) is 35.9 Å². The van der Waals surface area contributed by atoms with Gasteiger partial charge in [0, 0.05) is 19.1 Å². The molecule has 2 N–H and O–H groups in total. The molecule has 118 valence electrons. The zero-order chi connectivity index (χ0) is 15.4. The molecule has 0 unspecified atom stereocenters. The average Bonchev–Trinajstić information content (AvgIpc) is 3.09. The molecule has 3 amide bonds.